The molecule has 0 fully saturated rings. The van der Waals surface area contributed by atoms with E-state index in [1.165, 1.54) is 0 Å². The summed E-state index contributed by atoms with van der Waals surface area (Å²) in [4.78, 5) is 7.96. The molecule has 0 saturated heterocycles. The lowest BCUT2D eigenvalue weighted by molar-refractivity contribution is -0.00649. The molecule has 34 heavy (non-hydrogen) atoms. The number of oxime groups is 1. The Kier molecular flexibility index (Phi) is 8.68. The molecule has 0 aliphatic carbocycles. The minimum absolute atomic E-state index is 0.0711. The molecule has 3 aromatic rings. The summed E-state index contributed by atoms with van der Waals surface area (Å²) in [6, 6.07) is 28.1. The number of hydrogen-bond donors (Lipinski definition) is 1. The summed E-state index contributed by atoms with van der Waals surface area (Å²) < 4.78 is 11.1. The van der Waals surface area contributed by atoms with Crippen LogP contribution < -0.4 is 4.74 Å². The first kappa shape index (κ1) is 24.0. The van der Waals surface area contributed by atoms with Gasteiger partial charge in [-0.2, -0.15) is 0 Å². The smallest absolute Gasteiger partial charge is 0.145 e. The second-order valence-corrected chi connectivity index (χ2v) is 8.54. The van der Waals surface area contributed by atoms with Crippen molar-refractivity contribution in [1.82, 2.24) is 4.90 Å². The molecule has 1 aliphatic rings. The fraction of sp³-hybridized carbons (Fsp3) is 0.321. The molecule has 1 heterocycles. The Morgan fingerprint density at radius 2 is 1.74 bits per heavy atom. The van der Waals surface area contributed by atoms with Crippen molar-refractivity contribution in [1.29, 1.82) is 0 Å². The van der Waals surface area contributed by atoms with E-state index < -0.39 is 6.10 Å². The molecule has 0 spiro atoms. The van der Waals surface area contributed by atoms with Crippen molar-refractivity contribution in [2.45, 2.75) is 31.8 Å². The summed E-state index contributed by atoms with van der Waals surface area (Å²) >= 11 is 0. The summed E-state index contributed by atoms with van der Waals surface area (Å²) in [6.45, 7) is 2.52. The molecule has 0 amide bonds. The van der Waals surface area contributed by atoms with Crippen LogP contribution in [0, 0.1) is 0 Å². The highest BCUT2D eigenvalue weighted by Gasteiger charge is 2.25. The van der Waals surface area contributed by atoms with Crippen LogP contribution in [0.1, 0.15) is 23.1 Å². The minimum atomic E-state index is -0.620. The fourth-order valence-corrected chi connectivity index (χ4v) is 4.09. The Morgan fingerprint density at radius 1 is 1.00 bits per heavy atom. The van der Waals surface area contributed by atoms with E-state index in [0.29, 0.717) is 26.2 Å². The molecular formula is C28H32N2O4. The maximum Gasteiger partial charge on any atom is 0.145 e. The Balaban J connectivity index is 1.35. The predicted molar refractivity (Wildman–Crippen MR) is 133 cm³/mol. The van der Waals surface area contributed by atoms with Gasteiger partial charge in [0.15, 0.2) is 0 Å². The van der Waals surface area contributed by atoms with Crippen molar-refractivity contribution in [3.63, 3.8) is 0 Å². The molecule has 1 N–H and O–H groups in total. The van der Waals surface area contributed by atoms with E-state index in [9.17, 15) is 5.11 Å². The van der Waals surface area contributed by atoms with Crippen LogP contribution in [0.5, 0.6) is 5.75 Å². The first-order valence-corrected chi connectivity index (χ1v) is 11.6. The highest BCUT2D eigenvalue weighted by molar-refractivity contribution is 6.01. The van der Waals surface area contributed by atoms with Crippen LogP contribution in [-0.4, -0.2) is 54.7 Å². The number of ether oxygens (including phenoxy) is 2. The number of hydrogen-bond acceptors (Lipinski definition) is 6. The van der Waals surface area contributed by atoms with Crippen molar-refractivity contribution in [3.8, 4) is 5.75 Å². The summed E-state index contributed by atoms with van der Waals surface area (Å²) in [5.41, 5.74) is 4.24. The Bertz CT molecular complexity index is 1040. The average molecular weight is 461 g/mol. The molecule has 6 heteroatoms. The van der Waals surface area contributed by atoms with Gasteiger partial charge in [0.25, 0.3) is 0 Å². The van der Waals surface area contributed by atoms with Gasteiger partial charge < -0.3 is 19.4 Å². The van der Waals surface area contributed by atoms with Crippen molar-refractivity contribution in [2.24, 2.45) is 5.16 Å². The van der Waals surface area contributed by atoms with Crippen LogP contribution in [0.2, 0.25) is 0 Å². The zero-order chi connectivity index (χ0) is 23.6. The predicted octanol–water partition coefficient (Wildman–Crippen LogP) is 4.27. The zero-order valence-electron chi connectivity index (χ0n) is 19.5. The highest BCUT2D eigenvalue weighted by Crippen LogP contribution is 2.20. The monoisotopic (exact) mass is 460 g/mol. The third kappa shape index (κ3) is 7.15. The number of rotatable bonds is 12. The molecule has 3 aromatic carbocycles. The number of aliphatic hydroxyl groups is 1. The first-order valence-electron chi connectivity index (χ1n) is 11.6. The second-order valence-electron chi connectivity index (χ2n) is 8.54. The van der Waals surface area contributed by atoms with Crippen LogP contribution in [-0.2, 0) is 22.7 Å². The molecule has 0 radical (unpaired) electrons. The lowest BCUT2D eigenvalue weighted by Gasteiger charge is -2.27. The largest absolute Gasteiger partial charge is 0.497 e. The van der Waals surface area contributed by atoms with E-state index in [4.69, 9.17) is 14.3 Å². The van der Waals surface area contributed by atoms with Gasteiger partial charge in [0, 0.05) is 26.1 Å². The van der Waals surface area contributed by atoms with Gasteiger partial charge in [0.2, 0.25) is 0 Å². The van der Waals surface area contributed by atoms with Crippen LogP contribution >= 0.6 is 0 Å². The maximum absolute atomic E-state index is 10.7. The number of methoxy groups -OCH3 is 1. The third-order valence-corrected chi connectivity index (χ3v) is 5.73. The topological polar surface area (TPSA) is 63.5 Å². The summed E-state index contributed by atoms with van der Waals surface area (Å²) in [5, 5.41) is 15.0. The molecule has 0 unspecified atom stereocenters. The first-order chi connectivity index (χ1) is 16.7. The van der Waals surface area contributed by atoms with E-state index >= 15 is 0 Å². The minimum Gasteiger partial charge on any atom is -0.497 e. The van der Waals surface area contributed by atoms with Crippen molar-refractivity contribution >= 4 is 5.71 Å². The van der Waals surface area contributed by atoms with Crippen molar-refractivity contribution < 1.29 is 19.4 Å². The number of aliphatic hydroxyl groups excluding tert-OH is 1. The normalized spacial score (nSPS) is 16.2. The maximum atomic E-state index is 10.7. The van der Waals surface area contributed by atoms with E-state index in [1.54, 1.807) is 7.11 Å². The Hall–Kier alpha value is -3.19. The molecule has 178 valence electrons. The molecule has 0 aromatic heterocycles. The van der Waals surface area contributed by atoms with Gasteiger partial charge in [-0.05, 0) is 28.8 Å². The fourth-order valence-electron chi connectivity index (χ4n) is 4.09. The lowest BCUT2D eigenvalue weighted by Crippen LogP contribution is -2.39. The van der Waals surface area contributed by atoms with Gasteiger partial charge in [-0.25, -0.2) is 0 Å². The third-order valence-electron chi connectivity index (χ3n) is 5.73. The van der Waals surface area contributed by atoms with Crippen molar-refractivity contribution in [2.75, 3.05) is 26.8 Å². The quantitative estimate of drug-likeness (QED) is 0.437. The van der Waals surface area contributed by atoms with Crippen molar-refractivity contribution in [3.05, 3.63) is 102 Å². The average Bonchev–Trinajstić information content (AvgIpc) is 3.34. The van der Waals surface area contributed by atoms with Crippen LogP contribution in [0.25, 0.3) is 0 Å². The van der Waals surface area contributed by atoms with E-state index in [1.807, 2.05) is 78.9 Å². The van der Waals surface area contributed by atoms with E-state index in [0.717, 1.165) is 34.6 Å². The highest BCUT2D eigenvalue weighted by atomic mass is 16.6. The molecule has 2 atom stereocenters. The Labute approximate surface area is 201 Å². The lowest BCUT2D eigenvalue weighted by atomic mass is 10.0. The van der Waals surface area contributed by atoms with Gasteiger partial charge in [0.1, 0.15) is 11.9 Å². The summed E-state index contributed by atoms with van der Waals surface area (Å²) in [7, 11) is 1.67. The van der Waals surface area contributed by atoms with Crippen LogP contribution in [0.3, 0.4) is 0 Å². The van der Waals surface area contributed by atoms with E-state index in [-0.39, 0.29) is 12.7 Å². The zero-order valence-corrected chi connectivity index (χ0v) is 19.5. The molecular weight excluding hydrogens is 428 g/mol. The van der Waals surface area contributed by atoms with E-state index in [2.05, 4.69) is 16.1 Å². The van der Waals surface area contributed by atoms with Gasteiger partial charge >= 0.3 is 0 Å². The molecule has 6 nitrogen and oxygen atoms in total. The molecule has 1 aliphatic heterocycles. The molecule has 0 bridgehead atoms. The van der Waals surface area contributed by atoms with Gasteiger partial charge in [-0.3, -0.25) is 4.90 Å². The number of nitrogens with zero attached hydrogens (tertiary/aromatic N) is 2. The van der Waals surface area contributed by atoms with Crippen LogP contribution in [0.15, 0.2) is 90.1 Å². The number of benzene rings is 3. The SMILES string of the molecule is COc1cccc(CN(C[C@H](O)COCc2ccccc2)C[C@H]2CC(c3ccccc3)=NO2)c1. The summed E-state index contributed by atoms with van der Waals surface area (Å²) in [5.74, 6) is 0.816. The Morgan fingerprint density at radius 3 is 2.50 bits per heavy atom. The molecule has 4 rings (SSSR count). The van der Waals surface area contributed by atoms with Gasteiger partial charge in [0.05, 0.1) is 32.1 Å². The molecule has 0 saturated carbocycles. The van der Waals surface area contributed by atoms with Crippen LogP contribution in [0.4, 0.5) is 0 Å². The standard InChI is InChI=1S/C28H32N2O4/c1-32-26-14-8-11-23(15-26)17-30(18-25(31)21-33-20-22-9-4-2-5-10-22)19-27-16-28(29-34-27)24-12-6-3-7-13-24/h2-15,25,27,31H,16-21H2,1H3/t25-,27+/m0/s1. The van der Waals surface area contributed by atoms with Gasteiger partial charge in [-0.1, -0.05) is 78.0 Å². The second kappa shape index (κ2) is 12.3. The van der Waals surface area contributed by atoms with Gasteiger partial charge in [-0.15, -0.1) is 0 Å². The summed E-state index contributed by atoms with van der Waals surface area (Å²) in [6.07, 6.45) is 0.0441.